The molecule has 0 aliphatic carbocycles. The van der Waals surface area contributed by atoms with Crippen molar-refractivity contribution >= 4 is 17.6 Å². The van der Waals surface area contributed by atoms with Crippen LogP contribution < -0.4 is 10.1 Å². The molecule has 212 valence electrons. The first-order chi connectivity index (χ1) is 18.9. The Labute approximate surface area is 229 Å². The molecule has 2 N–H and O–H groups in total. The van der Waals surface area contributed by atoms with Gasteiger partial charge < -0.3 is 20.1 Å². The van der Waals surface area contributed by atoms with E-state index in [1.807, 2.05) is 18.7 Å². The lowest BCUT2D eigenvalue weighted by Crippen LogP contribution is -2.67. The molecule has 1 fully saturated rings. The molecular formula is C26H30F2N8O4. The van der Waals surface area contributed by atoms with Crippen LogP contribution in [0.4, 0.5) is 14.6 Å². The number of aromatic nitrogens is 5. The molecule has 0 radical (unpaired) electrons. The van der Waals surface area contributed by atoms with Gasteiger partial charge in [-0.05, 0) is 32.9 Å². The van der Waals surface area contributed by atoms with Gasteiger partial charge in [0.1, 0.15) is 18.0 Å². The second-order valence-corrected chi connectivity index (χ2v) is 10.7. The zero-order valence-corrected chi connectivity index (χ0v) is 22.3. The average Bonchev–Trinajstić information content (AvgIpc) is 3.37. The number of piperazine rings is 1. The Morgan fingerprint density at radius 3 is 2.62 bits per heavy atom. The number of halogens is 2. The molecule has 3 aromatic rings. The minimum atomic E-state index is -1.55. The molecule has 0 unspecified atom stereocenters. The third-order valence-electron chi connectivity index (χ3n) is 7.37. The number of hydrogen-bond donors (Lipinski definition) is 2. The normalized spacial score (nSPS) is 21.4. The van der Waals surface area contributed by atoms with Crippen LogP contribution in [0.1, 0.15) is 33.0 Å². The quantitative estimate of drug-likeness (QED) is 0.465. The first-order valence-electron chi connectivity index (χ1n) is 12.9. The van der Waals surface area contributed by atoms with Crippen molar-refractivity contribution < 1.29 is 28.2 Å². The van der Waals surface area contributed by atoms with Crippen LogP contribution >= 0.6 is 0 Å². The number of benzene rings is 1. The lowest BCUT2D eigenvalue weighted by Gasteiger charge is -2.50. The molecule has 12 nitrogen and oxygen atoms in total. The molecule has 40 heavy (non-hydrogen) atoms. The number of amides is 2. The third kappa shape index (κ3) is 5.49. The number of anilines is 1. The minimum absolute atomic E-state index is 0.0287. The van der Waals surface area contributed by atoms with Crippen molar-refractivity contribution in [3.8, 4) is 11.6 Å². The fraction of sp³-hybridized carbons (Fsp3) is 0.462. The largest absolute Gasteiger partial charge is 0.434 e. The van der Waals surface area contributed by atoms with Crippen LogP contribution in [0, 0.1) is 11.6 Å². The van der Waals surface area contributed by atoms with Gasteiger partial charge in [-0.1, -0.05) is 0 Å². The van der Waals surface area contributed by atoms with E-state index in [-0.39, 0.29) is 42.1 Å². The highest BCUT2D eigenvalue weighted by Crippen LogP contribution is 2.31. The summed E-state index contributed by atoms with van der Waals surface area (Å²) in [7, 11) is 0. The number of aryl methyl sites for hydroxylation is 1. The number of nitrogens with one attached hydrogen (secondary N) is 1. The maximum Gasteiger partial charge on any atom is 0.255 e. The topological polar surface area (TPSA) is 139 Å². The van der Waals surface area contributed by atoms with Crippen LogP contribution in [0.25, 0.3) is 0 Å². The van der Waals surface area contributed by atoms with Gasteiger partial charge in [-0.2, -0.15) is 5.10 Å². The number of fused-ring (bicyclic) bond motifs is 1. The van der Waals surface area contributed by atoms with E-state index in [4.69, 9.17) is 4.74 Å². The zero-order chi connectivity index (χ0) is 28.7. The predicted octanol–water partition coefficient (Wildman–Crippen LogP) is 1.77. The SMILES string of the molecule is C[C@H](C(=O)Nc1cnc(Oc2ccc(F)cc2F)cn1)N1CCN(C(=O)[C@@]2(O)CCn3ncnc3C2)C(C)(C)C1. The van der Waals surface area contributed by atoms with E-state index in [0.717, 1.165) is 12.1 Å². The molecule has 5 rings (SSSR count). The maximum absolute atomic E-state index is 13.8. The highest BCUT2D eigenvalue weighted by molar-refractivity contribution is 5.93. The Bertz CT molecular complexity index is 1420. The molecule has 14 heteroatoms. The fourth-order valence-corrected chi connectivity index (χ4v) is 5.09. The van der Waals surface area contributed by atoms with E-state index in [9.17, 15) is 23.5 Å². The van der Waals surface area contributed by atoms with Crippen LogP contribution in [0.15, 0.2) is 36.9 Å². The number of ether oxygens (including phenoxy) is 1. The van der Waals surface area contributed by atoms with Gasteiger partial charge in [0, 0.05) is 45.1 Å². The Morgan fingerprint density at radius 2 is 1.93 bits per heavy atom. The monoisotopic (exact) mass is 556 g/mol. The number of nitrogens with zero attached hydrogens (tertiary/aromatic N) is 7. The van der Waals surface area contributed by atoms with Gasteiger partial charge in [0.25, 0.3) is 5.91 Å². The van der Waals surface area contributed by atoms with E-state index < -0.39 is 28.8 Å². The molecule has 0 saturated carbocycles. The number of aliphatic hydroxyl groups is 1. The maximum atomic E-state index is 13.8. The van der Waals surface area contributed by atoms with Crippen LogP contribution in [-0.4, -0.2) is 88.3 Å². The molecule has 2 aliphatic rings. The molecule has 0 spiro atoms. The summed E-state index contributed by atoms with van der Waals surface area (Å²) in [5, 5.41) is 18.1. The Kier molecular flexibility index (Phi) is 7.23. The second kappa shape index (κ2) is 10.5. The van der Waals surface area contributed by atoms with E-state index >= 15 is 0 Å². The van der Waals surface area contributed by atoms with E-state index in [2.05, 4.69) is 25.4 Å². The van der Waals surface area contributed by atoms with Gasteiger partial charge in [0.05, 0.1) is 24.0 Å². The number of carbonyl (C=O) groups is 2. The van der Waals surface area contributed by atoms with Crippen molar-refractivity contribution in [1.82, 2.24) is 34.5 Å². The Balaban J connectivity index is 1.18. The molecule has 1 aromatic carbocycles. The first-order valence-corrected chi connectivity index (χ1v) is 12.9. The van der Waals surface area contributed by atoms with E-state index in [1.165, 1.54) is 18.7 Å². The smallest absolute Gasteiger partial charge is 0.255 e. The summed E-state index contributed by atoms with van der Waals surface area (Å²) in [5.41, 5.74) is -2.21. The zero-order valence-electron chi connectivity index (χ0n) is 22.3. The van der Waals surface area contributed by atoms with Crippen molar-refractivity contribution in [3.05, 3.63) is 54.4 Å². The molecule has 2 atom stereocenters. The van der Waals surface area contributed by atoms with Crippen molar-refractivity contribution in [2.24, 2.45) is 0 Å². The fourth-order valence-electron chi connectivity index (χ4n) is 5.09. The van der Waals surface area contributed by atoms with Gasteiger partial charge >= 0.3 is 0 Å². The molecule has 2 aliphatic heterocycles. The second-order valence-electron chi connectivity index (χ2n) is 10.7. The molecule has 0 bridgehead atoms. The van der Waals surface area contributed by atoms with Crippen molar-refractivity contribution in [3.63, 3.8) is 0 Å². The molecular weight excluding hydrogens is 526 g/mol. The lowest BCUT2D eigenvalue weighted by molar-refractivity contribution is -0.164. The highest BCUT2D eigenvalue weighted by atomic mass is 19.1. The van der Waals surface area contributed by atoms with Gasteiger partial charge in [-0.3, -0.25) is 14.5 Å². The first kappa shape index (κ1) is 27.5. The van der Waals surface area contributed by atoms with Crippen molar-refractivity contribution in [2.45, 2.75) is 57.3 Å². The highest BCUT2D eigenvalue weighted by Gasteiger charge is 2.48. The number of rotatable bonds is 6. The molecule has 2 amide bonds. The van der Waals surface area contributed by atoms with Crippen LogP contribution in [0.2, 0.25) is 0 Å². The third-order valence-corrected chi connectivity index (χ3v) is 7.37. The minimum Gasteiger partial charge on any atom is -0.434 e. The van der Waals surface area contributed by atoms with Gasteiger partial charge in [-0.25, -0.2) is 28.4 Å². The van der Waals surface area contributed by atoms with Crippen LogP contribution in [-0.2, 0) is 22.6 Å². The summed E-state index contributed by atoms with van der Waals surface area (Å²) < 4.78 is 33.9. The summed E-state index contributed by atoms with van der Waals surface area (Å²) in [5.74, 6) is -1.77. The lowest BCUT2D eigenvalue weighted by atomic mass is 9.87. The van der Waals surface area contributed by atoms with Crippen LogP contribution in [0.3, 0.4) is 0 Å². The summed E-state index contributed by atoms with van der Waals surface area (Å²) in [4.78, 5) is 42.4. The molecule has 1 saturated heterocycles. The van der Waals surface area contributed by atoms with Crippen molar-refractivity contribution in [1.29, 1.82) is 0 Å². The van der Waals surface area contributed by atoms with E-state index in [0.29, 0.717) is 38.1 Å². The molecule has 2 aromatic heterocycles. The number of hydrogen-bond acceptors (Lipinski definition) is 9. The van der Waals surface area contributed by atoms with Crippen LogP contribution in [0.5, 0.6) is 11.6 Å². The van der Waals surface area contributed by atoms with Gasteiger partial charge in [-0.15, -0.1) is 0 Å². The number of carbonyl (C=O) groups excluding carboxylic acids is 2. The Morgan fingerprint density at radius 1 is 1.12 bits per heavy atom. The summed E-state index contributed by atoms with van der Waals surface area (Å²) >= 11 is 0. The van der Waals surface area contributed by atoms with Gasteiger partial charge in [0.2, 0.25) is 11.8 Å². The van der Waals surface area contributed by atoms with E-state index in [1.54, 1.807) is 16.5 Å². The van der Waals surface area contributed by atoms with Crippen molar-refractivity contribution in [2.75, 3.05) is 25.0 Å². The summed E-state index contributed by atoms with van der Waals surface area (Å²) in [6.07, 6.45) is 4.26. The summed E-state index contributed by atoms with van der Waals surface area (Å²) in [6.45, 7) is 7.15. The standard InChI is InChI=1S/C26H30F2N8O4/c1-16(23(37)33-20-12-30-22(13-29-20)40-19-5-4-17(27)10-18(19)28)34-8-9-35(25(2,3)14-34)24(38)26(39)6-7-36-21(11-26)31-15-32-36/h4-5,10,12-13,15-16,39H,6-9,11,14H2,1-3H3,(H,29,33,37)/t16-,26-/m1/s1. The summed E-state index contributed by atoms with van der Waals surface area (Å²) in [6, 6.07) is 2.34. The van der Waals surface area contributed by atoms with Gasteiger partial charge in [0.15, 0.2) is 23.0 Å². The Hall–Kier alpha value is -4.04. The molecule has 4 heterocycles. The predicted molar refractivity (Wildman–Crippen MR) is 137 cm³/mol. The average molecular weight is 557 g/mol.